The number of hydrogen-bond acceptors (Lipinski definition) is 3. The van der Waals surface area contributed by atoms with Crippen LogP contribution >= 0.6 is 0 Å². The molecule has 0 aliphatic heterocycles. The third kappa shape index (κ3) is 2.33. The van der Waals surface area contributed by atoms with E-state index in [-0.39, 0.29) is 0 Å². The topological polar surface area (TPSA) is 51.2 Å². The first-order valence-electron chi connectivity index (χ1n) is 5.41. The molecule has 0 saturated carbocycles. The summed E-state index contributed by atoms with van der Waals surface area (Å²) in [6.45, 7) is 4.15. The van der Waals surface area contributed by atoms with Gasteiger partial charge in [0.1, 0.15) is 0 Å². The van der Waals surface area contributed by atoms with E-state index in [9.17, 15) is 5.11 Å². The van der Waals surface area contributed by atoms with Gasteiger partial charge in [0, 0.05) is 24.2 Å². The molecule has 4 nitrogen and oxygen atoms in total. The average Bonchev–Trinajstić information content (AvgIpc) is 2.87. The van der Waals surface area contributed by atoms with Gasteiger partial charge in [-0.05, 0) is 26.0 Å². The van der Waals surface area contributed by atoms with E-state index in [0.717, 1.165) is 11.3 Å². The SMILES string of the molecule is CC(C)n1ccc(CC(O)c2ccoc2)n1. The molecule has 0 aromatic carbocycles. The first kappa shape index (κ1) is 11.0. The molecule has 0 saturated heterocycles. The lowest BCUT2D eigenvalue weighted by Gasteiger charge is -2.06. The zero-order chi connectivity index (χ0) is 11.5. The van der Waals surface area contributed by atoms with Crippen molar-refractivity contribution in [2.75, 3.05) is 0 Å². The van der Waals surface area contributed by atoms with E-state index in [4.69, 9.17) is 4.42 Å². The monoisotopic (exact) mass is 220 g/mol. The maximum Gasteiger partial charge on any atom is 0.0960 e. The smallest absolute Gasteiger partial charge is 0.0960 e. The molecule has 1 unspecified atom stereocenters. The zero-order valence-corrected chi connectivity index (χ0v) is 9.50. The van der Waals surface area contributed by atoms with Crippen LogP contribution in [0.1, 0.15) is 37.3 Å². The van der Waals surface area contributed by atoms with Crippen LogP contribution in [0.4, 0.5) is 0 Å². The Morgan fingerprint density at radius 1 is 1.44 bits per heavy atom. The second kappa shape index (κ2) is 4.53. The number of nitrogens with zero attached hydrogens (tertiary/aromatic N) is 2. The van der Waals surface area contributed by atoms with Gasteiger partial charge in [0.2, 0.25) is 0 Å². The Kier molecular flexibility index (Phi) is 3.10. The minimum atomic E-state index is -0.547. The van der Waals surface area contributed by atoms with Crippen molar-refractivity contribution in [3.05, 3.63) is 42.1 Å². The molecule has 0 aliphatic rings. The van der Waals surface area contributed by atoms with Gasteiger partial charge in [0.25, 0.3) is 0 Å². The highest BCUT2D eigenvalue weighted by molar-refractivity contribution is 5.13. The summed E-state index contributed by atoms with van der Waals surface area (Å²) < 4.78 is 6.82. The van der Waals surface area contributed by atoms with Crippen LogP contribution < -0.4 is 0 Å². The zero-order valence-electron chi connectivity index (χ0n) is 9.50. The fourth-order valence-electron chi connectivity index (χ4n) is 1.55. The predicted molar refractivity (Wildman–Crippen MR) is 60.0 cm³/mol. The molecular weight excluding hydrogens is 204 g/mol. The molecule has 0 amide bonds. The Balaban J connectivity index is 2.03. The maximum atomic E-state index is 9.90. The summed E-state index contributed by atoms with van der Waals surface area (Å²) in [5, 5.41) is 14.3. The van der Waals surface area contributed by atoms with Crippen molar-refractivity contribution in [2.24, 2.45) is 0 Å². The Morgan fingerprint density at radius 2 is 2.25 bits per heavy atom. The minimum Gasteiger partial charge on any atom is -0.472 e. The van der Waals surface area contributed by atoms with Gasteiger partial charge >= 0.3 is 0 Å². The van der Waals surface area contributed by atoms with Crippen LogP contribution in [-0.4, -0.2) is 14.9 Å². The van der Waals surface area contributed by atoms with Crippen molar-refractivity contribution in [1.82, 2.24) is 9.78 Å². The molecule has 2 aromatic rings. The second-order valence-electron chi connectivity index (χ2n) is 4.16. The molecule has 2 rings (SSSR count). The number of aromatic nitrogens is 2. The second-order valence-corrected chi connectivity index (χ2v) is 4.16. The fourth-order valence-corrected chi connectivity index (χ4v) is 1.55. The van der Waals surface area contributed by atoms with Gasteiger partial charge in [0.05, 0.1) is 24.3 Å². The van der Waals surface area contributed by atoms with E-state index >= 15 is 0 Å². The standard InChI is InChI=1S/C12H16N2O2/c1-9(2)14-5-3-11(13-14)7-12(15)10-4-6-16-8-10/h3-6,8-9,12,15H,7H2,1-2H3. The Labute approximate surface area is 94.5 Å². The molecule has 2 heterocycles. The van der Waals surface area contributed by atoms with Crippen LogP contribution in [0.5, 0.6) is 0 Å². The number of aliphatic hydroxyl groups is 1. The van der Waals surface area contributed by atoms with Crippen LogP contribution in [0.3, 0.4) is 0 Å². The van der Waals surface area contributed by atoms with Crippen molar-refractivity contribution in [2.45, 2.75) is 32.4 Å². The lowest BCUT2D eigenvalue weighted by atomic mass is 10.1. The summed E-state index contributed by atoms with van der Waals surface area (Å²) in [5.74, 6) is 0. The van der Waals surface area contributed by atoms with Crippen LogP contribution in [0, 0.1) is 0 Å². The van der Waals surface area contributed by atoms with Gasteiger partial charge in [-0.25, -0.2) is 0 Å². The van der Waals surface area contributed by atoms with E-state index in [1.807, 2.05) is 16.9 Å². The Bertz CT molecular complexity index is 432. The summed E-state index contributed by atoms with van der Waals surface area (Å²) in [5.41, 5.74) is 1.68. The number of furan rings is 1. The molecule has 2 aromatic heterocycles. The molecule has 0 fully saturated rings. The summed E-state index contributed by atoms with van der Waals surface area (Å²) in [6.07, 6.45) is 5.02. The number of rotatable bonds is 4. The van der Waals surface area contributed by atoms with Gasteiger partial charge in [-0.3, -0.25) is 4.68 Å². The van der Waals surface area contributed by atoms with Crippen LogP contribution in [0.2, 0.25) is 0 Å². The first-order chi connectivity index (χ1) is 7.66. The van der Waals surface area contributed by atoms with E-state index in [0.29, 0.717) is 12.5 Å². The lowest BCUT2D eigenvalue weighted by molar-refractivity contribution is 0.176. The molecule has 4 heteroatoms. The van der Waals surface area contributed by atoms with Crippen molar-refractivity contribution >= 4 is 0 Å². The van der Waals surface area contributed by atoms with Crippen LogP contribution in [-0.2, 0) is 6.42 Å². The molecule has 1 N–H and O–H groups in total. The van der Waals surface area contributed by atoms with Crippen LogP contribution in [0.25, 0.3) is 0 Å². The van der Waals surface area contributed by atoms with Crippen molar-refractivity contribution in [1.29, 1.82) is 0 Å². The van der Waals surface area contributed by atoms with Gasteiger partial charge in [-0.1, -0.05) is 0 Å². The summed E-state index contributed by atoms with van der Waals surface area (Å²) >= 11 is 0. The van der Waals surface area contributed by atoms with Crippen molar-refractivity contribution in [3.8, 4) is 0 Å². The average molecular weight is 220 g/mol. The number of aliphatic hydroxyl groups excluding tert-OH is 1. The fraction of sp³-hybridized carbons (Fsp3) is 0.417. The van der Waals surface area contributed by atoms with E-state index < -0.39 is 6.10 Å². The van der Waals surface area contributed by atoms with E-state index in [1.54, 1.807) is 18.6 Å². The molecule has 0 bridgehead atoms. The quantitative estimate of drug-likeness (QED) is 0.860. The molecule has 0 aliphatic carbocycles. The first-order valence-corrected chi connectivity index (χ1v) is 5.41. The van der Waals surface area contributed by atoms with E-state index in [1.165, 1.54) is 0 Å². The molecular formula is C12H16N2O2. The van der Waals surface area contributed by atoms with Gasteiger partial charge in [-0.2, -0.15) is 5.10 Å². The Morgan fingerprint density at radius 3 is 2.81 bits per heavy atom. The normalized spacial score (nSPS) is 13.2. The van der Waals surface area contributed by atoms with Crippen molar-refractivity contribution < 1.29 is 9.52 Å². The largest absolute Gasteiger partial charge is 0.472 e. The Hall–Kier alpha value is -1.55. The molecule has 0 radical (unpaired) electrons. The third-order valence-corrected chi connectivity index (χ3v) is 2.52. The highest BCUT2D eigenvalue weighted by Crippen LogP contribution is 2.18. The van der Waals surface area contributed by atoms with E-state index in [2.05, 4.69) is 18.9 Å². The summed E-state index contributed by atoms with van der Waals surface area (Å²) in [4.78, 5) is 0. The van der Waals surface area contributed by atoms with Gasteiger partial charge < -0.3 is 9.52 Å². The predicted octanol–water partition coefficient (Wildman–Crippen LogP) is 2.33. The highest BCUT2D eigenvalue weighted by Gasteiger charge is 2.12. The lowest BCUT2D eigenvalue weighted by Crippen LogP contribution is -2.04. The minimum absolute atomic E-state index is 0.347. The van der Waals surface area contributed by atoms with Crippen LogP contribution in [0.15, 0.2) is 35.3 Å². The molecule has 1 atom stereocenters. The summed E-state index contributed by atoms with van der Waals surface area (Å²) in [7, 11) is 0. The number of hydrogen-bond donors (Lipinski definition) is 1. The highest BCUT2D eigenvalue weighted by atomic mass is 16.3. The van der Waals surface area contributed by atoms with Gasteiger partial charge in [0.15, 0.2) is 0 Å². The van der Waals surface area contributed by atoms with Crippen molar-refractivity contribution in [3.63, 3.8) is 0 Å². The summed E-state index contributed by atoms with van der Waals surface area (Å²) in [6, 6.07) is 4.05. The van der Waals surface area contributed by atoms with Gasteiger partial charge in [-0.15, -0.1) is 0 Å². The maximum absolute atomic E-state index is 9.90. The molecule has 0 spiro atoms. The third-order valence-electron chi connectivity index (χ3n) is 2.52. The molecule has 86 valence electrons. The molecule has 16 heavy (non-hydrogen) atoms.